The van der Waals surface area contributed by atoms with Crippen molar-refractivity contribution in [3.63, 3.8) is 0 Å². The van der Waals surface area contributed by atoms with Crippen molar-refractivity contribution in [2.75, 3.05) is 59.3 Å². The lowest BCUT2D eigenvalue weighted by Gasteiger charge is -2.26. The average molecular weight is 813 g/mol. The molecule has 3 rings (SSSR count). The van der Waals surface area contributed by atoms with Gasteiger partial charge in [-0.3, -0.25) is 14.4 Å². The molecular formula is C45H76N6O7. The second-order valence-electron chi connectivity index (χ2n) is 15.4. The van der Waals surface area contributed by atoms with E-state index < -0.39 is 12.1 Å². The number of rotatable bonds is 36. The van der Waals surface area contributed by atoms with Crippen molar-refractivity contribution in [2.45, 2.75) is 154 Å². The number of amides is 3. The Morgan fingerprint density at radius 2 is 1.41 bits per heavy atom. The minimum atomic E-state index is -0.864. The summed E-state index contributed by atoms with van der Waals surface area (Å²) in [6, 6.07) is 8.46. The van der Waals surface area contributed by atoms with E-state index in [2.05, 4.69) is 22.5 Å². The largest absolute Gasteiger partial charge is 0.379 e. The van der Waals surface area contributed by atoms with E-state index in [9.17, 15) is 14.4 Å². The zero-order valence-corrected chi connectivity index (χ0v) is 35.7. The molecule has 4 N–H and O–H groups in total. The molecule has 2 heterocycles. The van der Waals surface area contributed by atoms with E-state index in [1.165, 1.54) is 64.2 Å². The Labute approximate surface area is 348 Å². The number of nitrogens with one attached hydrogen (secondary N) is 2. The van der Waals surface area contributed by atoms with Crippen LogP contribution in [0.3, 0.4) is 0 Å². The van der Waals surface area contributed by atoms with E-state index in [0.29, 0.717) is 85.1 Å². The van der Waals surface area contributed by atoms with Gasteiger partial charge in [0.15, 0.2) is 0 Å². The average Bonchev–Trinajstić information content (AvgIpc) is 3.92. The molecule has 0 bridgehead atoms. The molecule has 0 radical (unpaired) electrons. The second-order valence-corrected chi connectivity index (χ2v) is 15.4. The van der Waals surface area contributed by atoms with Crippen LogP contribution in [0, 0.1) is 0 Å². The molecule has 1 aliphatic heterocycles. The first-order valence-corrected chi connectivity index (χ1v) is 22.4. The van der Waals surface area contributed by atoms with Crippen LogP contribution in [0.2, 0.25) is 0 Å². The SMILES string of the molecule is CCCCCCCCCCCCCCCC(=O)N1CCCC1C(=O)NC(Cc1cncn1COCc1ccccc1)C(=O)NCCCOCCOCCOCCCN. The lowest BCUT2D eigenvalue weighted by atomic mass is 10.0. The molecule has 1 aliphatic rings. The predicted octanol–water partition coefficient (Wildman–Crippen LogP) is 6.46. The van der Waals surface area contributed by atoms with Crippen LogP contribution in [0.5, 0.6) is 0 Å². The minimum absolute atomic E-state index is 0.0246. The van der Waals surface area contributed by atoms with Crippen LogP contribution in [0.15, 0.2) is 42.9 Å². The van der Waals surface area contributed by atoms with Gasteiger partial charge in [-0.05, 0) is 44.2 Å². The number of likely N-dealkylation sites (tertiary alicyclic amines) is 1. The topological polar surface area (TPSA) is 159 Å². The van der Waals surface area contributed by atoms with Gasteiger partial charge in [0, 0.05) is 51.0 Å². The Bertz CT molecular complexity index is 1350. The van der Waals surface area contributed by atoms with Crippen LogP contribution < -0.4 is 16.4 Å². The summed E-state index contributed by atoms with van der Waals surface area (Å²) in [4.78, 5) is 46.9. The lowest BCUT2D eigenvalue weighted by molar-refractivity contribution is -0.139. The number of hydrogen-bond donors (Lipinski definition) is 3. The minimum Gasteiger partial charge on any atom is -0.379 e. The van der Waals surface area contributed by atoms with Crippen molar-refractivity contribution in [3.8, 4) is 0 Å². The van der Waals surface area contributed by atoms with Crippen molar-refractivity contribution < 1.29 is 33.3 Å². The maximum absolute atomic E-state index is 13.8. The molecule has 2 aromatic rings. The van der Waals surface area contributed by atoms with Gasteiger partial charge in [-0.15, -0.1) is 0 Å². The third kappa shape index (κ3) is 21.6. The van der Waals surface area contributed by atoms with Gasteiger partial charge in [-0.2, -0.15) is 0 Å². The Morgan fingerprint density at radius 3 is 2.07 bits per heavy atom. The fourth-order valence-electron chi connectivity index (χ4n) is 7.17. The second kappa shape index (κ2) is 32.5. The Hall–Kier alpha value is -3.36. The lowest BCUT2D eigenvalue weighted by Crippen LogP contribution is -2.54. The summed E-state index contributed by atoms with van der Waals surface area (Å²) in [7, 11) is 0. The van der Waals surface area contributed by atoms with Crippen LogP contribution in [0.1, 0.15) is 134 Å². The first kappa shape index (κ1) is 49.0. The molecule has 13 heteroatoms. The molecule has 2 unspecified atom stereocenters. The van der Waals surface area contributed by atoms with E-state index in [4.69, 9.17) is 24.7 Å². The monoisotopic (exact) mass is 813 g/mol. The number of nitrogens with zero attached hydrogens (tertiary/aromatic N) is 3. The summed E-state index contributed by atoms with van der Waals surface area (Å²) in [6.07, 6.45) is 23.1. The van der Waals surface area contributed by atoms with Crippen LogP contribution in [-0.4, -0.2) is 104 Å². The van der Waals surface area contributed by atoms with Gasteiger partial charge >= 0.3 is 0 Å². The third-order valence-electron chi connectivity index (χ3n) is 10.6. The number of nitrogens with two attached hydrogens (primary N) is 1. The highest BCUT2D eigenvalue weighted by molar-refractivity contribution is 5.92. The highest BCUT2D eigenvalue weighted by Crippen LogP contribution is 2.21. The summed E-state index contributed by atoms with van der Waals surface area (Å²) in [6.45, 7) is 7.53. The van der Waals surface area contributed by atoms with Gasteiger partial charge in [0.2, 0.25) is 17.7 Å². The Morgan fingerprint density at radius 1 is 0.793 bits per heavy atom. The molecule has 13 nitrogen and oxygen atoms in total. The zero-order valence-electron chi connectivity index (χ0n) is 35.7. The number of aromatic nitrogens is 2. The smallest absolute Gasteiger partial charge is 0.243 e. The maximum atomic E-state index is 13.8. The van der Waals surface area contributed by atoms with Crippen molar-refractivity contribution in [1.29, 1.82) is 0 Å². The quantitative estimate of drug-likeness (QED) is 0.0657. The van der Waals surface area contributed by atoms with Gasteiger partial charge in [-0.25, -0.2) is 4.98 Å². The molecule has 1 saturated heterocycles. The number of unbranched alkanes of at least 4 members (excludes halogenated alkanes) is 12. The highest BCUT2D eigenvalue weighted by Gasteiger charge is 2.35. The first-order chi connectivity index (χ1) is 28.5. The normalized spacial score (nSPS) is 14.5. The molecule has 2 atom stereocenters. The predicted molar refractivity (Wildman–Crippen MR) is 228 cm³/mol. The zero-order chi connectivity index (χ0) is 41.3. The van der Waals surface area contributed by atoms with Crippen molar-refractivity contribution in [1.82, 2.24) is 25.1 Å². The van der Waals surface area contributed by atoms with Gasteiger partial charge in [-0.1, -0.05) is 114 Å². The molecule has 58 heavy (non-hydrogen) atoms. The van der Waals surface area contributed by atoms with Gasteiger partial charge in [0.25, 0.3) is 0 Å². The number of carbonyl (C=O) groups excluding carboxylic acids is 3. The van der Waals surface area contributed by atoms with Crippen molar-refractivity contribution >= 4 is 17.7 Å². The van der Waals surface area contributed by atoms with E-state index >= 15 is 0 Å². The molecule has 1 aromatic carbocycles. The van der Waals surface area contributed by atoms with Gasteiger partial charge < -0.3 is 44.8 Å². The molecule has 1 fully saturated rings. The standard InChI is InChI=1S/C45H76N6O7/c1-2-3-4-5-6-7-8-9-10-11-12-13-17-24-43(52)51-27-18-23-42(51)45(54)49-41(34-40-35-47-37-50(40)38-58-36-39-21-15-14-16-22-39)44(53)48-26-20-29-56-31-33-57-32-30-55-28-19-25-46/h14-16,21-22,35,37,41-42H,2-13,17-20,23-34,36,38,46H2,1H3,(H,48,53)(H,49,54). The summed E-state index contributed by atoms with van der Waals surface area (Å²) in [5.41, 5.74) is 7.27. The Balaban J connectivity index is 1.44. The Kier molecular flexibility index (Phi) is 27.4. The highest BCUT2D eigenvalue weighted by atomic mass is 16.5. The van der Waals surface area contributed by atoms with Crippen LogP contribution >= 0.6 is 0 Å². The van der Waals surface area contributed by atoms with E-state index in [1.54, 1.807) is 17.4 Å². The van der Waals surface area contributed by atoms with Crippen LogP contribution in [0.4, 0.5) is 0 Å². The fourth-order valence-corrected chi connectivity index (χ4v) is 7.17. The third-order valence-corrected chi connectivity index (χ3v) is 10.6. The number of carbonyl (C=O) groups is 3. The molecule has 3 amide bonds. The molecule has 0 aliphatic carbocycles. The summed E-state index contributed by atoms with van der Waals surface area (Å²) < 4.78 is 24.4. The first-order valence-electron chi connectivity index (χ1n) is 22.4. The fraction of sp³-hybridized carbons (Fsp3) is 0.733. The molecule has 0 saturated carbocycles. The molecular weight excluding hydrogens is 737 g/mol. The van der Waals surface area contributed by atoms with Gasteiger partial charge in [0.05, 0.1) is 39.4 Å². The van der Waals surface area contributed by atoms with E-state index in [0.717, 1.165) is 43.4 Å². The van der Waals surface area contributed by atoms with Crippen LogP contribution in [-0.2, 0) is 53.1 Å². The summed E-state index contributed by atoms with van der Waals surface area (Å²) in [5.74, 6) is -0.570. The molecule has 328 valence electrons. The van der Waals surface area contributed by atoms with E-state index in [1.807, 2.05) is 34.9 Å². The summed E-state index contributed by atoms with van der Waals surface area (Å²) >= 11 is 0. The van der Waals surface area contributed by atoms with E-state index in [-0.39, 0.29) is 30.9 Å². The number of imidazole rings is 1. The van der Waals surface area contributed by atoms with Crippen LogP contribution in [0.25, 0.3) is 0 Å². The maximum Gasteiger partial charge on any atom is 0.243 e. The van der Waals surface area contributed by atoms with Gasteiger partial charge in [0.1, 0.15) is 18.8 Å². The van der Waals surface area contributed by atoms with Crippen molar-refractivity contribution in [3.05, 3.63) is 54.1 Å². The van der Waals surface area contributed by atoms with Crippen molar-refractivity contribution in [2.24, 2.45) is 5.73 Å². The number of hydrogen-bond acceptors (Lipinski definition) is 9. The summed E-state index contributed by atoms with van der Waals surface area (Å²) in [5, 5.41) is 5.99. The molecule has 1 aromatic heterocycles. The molecule has 0 spiro atoms. The number of ether oxygens (including phenoxy) is 4. The number of benzene rings is 1.